The van der Waals surface area contributed by atoms with E-state index in [2.05, 4.69) is 0 Å². The lowest BCUT2D eigenvalue weighted by atomic mass is 10.4. The Hall–Kier alpha value is -1.26. The van der Waals surface area contributed by atoms with Gasteiger partial charge in [-0.2, -0.15) is 0 Å². The molecule has 17 heavy (non-hydrogen) atoms. The fourth-order valence-corrected chi connectivity index (χ4v) is 1.98. The number of hydrogen-bond donors (Lipinski definition) is 0. The van der Waals surface area contributed by atoms with Crippen molar-refractivity contribution in [2.24, 2.45) is 0 Å². The van der Waals surface area contributed by atoms with Crippen LogP contribution in [-0.4, -0.2) is 54.6 Å². The molecule has 1 rings (SSSR count). The fraction of sp³-hybridized carbons (Fsp3) is 0.833. The largest absolute Gasteiger partial charge is 0.465 e. The van der Waals surface area contributed by atoms with Gasteiger partial charge in [0.2, 0.25) is 0 Å². The molecule has 0 aromatic rings. The average Bonchev–Trinajstić information content (AvgIpc) is 2.81. The van der Waals surface area contributed by atoms with Gasteiger partial charge in [-0.1, -0.05) is 6.92 Å². The Bertz CT molecular complexity index is 262. The second-order valence-corrected chi connectivity index (χ2v) is 4.20. The molecule has 0 aromatic carbocycles. The van der Waals surface area contributed by atoms with Gasteiger partial charge in [-0.3, -0.25) is 4.79 Å². The van der Waals surface area contributed by atoms with E-state index < -0.39 is 0 Å². The molecule has 0 saturated carbocycles. The van der Waals surface area contributed by atoms with E-state index >= 15 is 0 Å². The lowest BCUT2D eigenvalue weighted by Crippen LogP contribution is -2.44. The molecule has 0 bridgehead atoms. The van der Waals surface area contributed by atoms with Crippen molar-refractivity contribution in [3.05, 3.63) is 0 Å². The Morgan fingerprint density at radius 3 is 2.41 bits per heavy atom. The summed E-state index contributed by atoms with van der Waals surface area (Å²) >= 11 is 0. The Balaban J connectivity index is 2.51. The van der Waals surface area contributed by atoms with Crippen LogP contribution in [0.1, 0.15) is 33.1 Å². The van der Waals surface area contributed by atoms with Crippen molar-refractivity contribution in [2.75, 3.05) is 32.8 Å². The van der Waals surface area contributed by atoms with Gasteiger partial charge in [-0.25, -0.2) is 4.79 Å². The summed E-state index contributed by atoms with van der Waals surface area (Å²) in [6, 6.07) is -0.0302. The molecule has 0 aromatic heterocycles. The van der Waals surface area contributed by atoms with Crippen molar-refractivity contribution >= 4 is 12.0 Å². The van der Waals surface area contributed by atoms with Gasteiger partial charge in [-0.15, -0.1) is 0 Å². The number of nitrogens with zero attached hydrogens (tertiary/aromatic N) is 2. The van der Waals surface area contributed by atoms with Gasteiger partial charge in [-0.05, 0) is 26.2 Å². The average molecular weight is 242 g/mol. The third kappa shape index (κ3) is 4.24. The maximum Gasteiger partial charge on any atom is 0.325 e. The summed E-state index contributed by atoms with van der Waals surface area (Å²) in [5.41, 5.74) is 0. The number of hydrogen-bond acceptors (Lipinski definition) is 3. The second-order valence-electron chi connectivity index (χ2n) is 4.20. The lowest BCUT2D eigenvalue weighted by Gasteiger charge is -2.26. The first-order valence-electron chi connectivity index (χ1n) is 6.38. The van der Waals surface area contributed by atoms with E-state index in [1.807, 2.05) is 11.8 Å². The summed E-state index contributed by atoms with van der Waals surface area (Å²) in [5.74, 6) is -0.325. The third-order valence-electron chi connectivity index (χ3n) is 2.77. The molecule has 5 nitrogen and oxygen atoms in total. The van der Waals surface area contributed by atoms with Crippen molar-refractivity contribution in [1.29, 1.82) is 0 Å². The van der Waals surface area contributed by atoms with Crippen molar-refractivity contribution in [3.8, 4) is 0 Å². The SMILES string of the molecule is CCCN(CC(=O)OCC)C(=O)N1CCCC1. The van der Waals surface area contributed by atoms with Crippen LogP contribution < -0.4 is 0 Å². The van der Waals surface area contributed by atoms with Gasteiger partial charge < -0.3 is 14.5 Å². The maximum atomic E-state index is 12.1. The van der Waals surface area contributed by atoms with Crippen LogP contribution >= 0.6 is 0 Å². The topological polar surface area (TPSA) is 49.9 Å². The standard InChI is InChI=1S/C12H22N2O3/c1-3-7-14(10-11(15)17-4-2)12(16)13-8-5-6-9-13/h3-10H2,1-2H3. The van der Waals surface area contributed by atoms with Crippen LogP contribution in [0.15, 0.2) is 0 Å². The van der Waals surface area contributed by atoms with Crippen LogP contribution in [0.5, 0.6) is 0 Å². The van der Waals surface area contributed by atoms with Crippen molar-refractivity contribution < 1.29 is 14.3 Å². The van der Waals surface area contributed by atoms with E-state index in [-0.39, 0.29) is 18.5 Å². The molecule has 98 valence electrons. The third-order valence-corrected chi connectivity index (χ3v) is 2.77. The van der Waals surface area contributed by atoms with Crippen molar-refractivity contribution in [2.45, 2.75) is 33.1 Å². The summed E-state index contributed by atoms with van der Waals surface area (Å²) in [7, 11) is 0. The first kappa shape index (κ1) is 13.8. The molecule has 0 aliphatic carbocycles. The van der Waals surface area contributed by atoms with Crippen LogP contribution in [0.2, 0.25) is 0 Å². The normalized spacial score (nSPS) is 14.8. The van der Waals surface area contributed by atoms with Gasteiger partial charge in [0.05, 0.1) is 6.61 Å². The maximum absolute atomic E-state index is 12.1. The zero-order chi connectivity index (χ0) is 12.7. The molecule has 1 saturated heterocycles. The molecule has 1 fully saturated rings. The first-order chi connectivity index (χ1) is 8.19. The van der Waals surface area contributed by atoms with E-state index in [0.29, 0.717) is 13.2 Å². The molecule has 0 radical (unpaired) electrons. The summed E-state index contributed by atoms with van der Waals surface area (Å²) < 4.78 is 4.88. The van der Waals surface area contributed by atoms with Gasteiger partial charge in [0.25, 0.3) is 0 Å². The Morgan fingerprint density at radius 2 is 1.88 bits per heavy atom. The molecule has 0 atom stereocenters. The molecule has 0 N–H and O–H groups in total. The monoisotopic (exact) mass is 242 g/mol. The minimum atomic E-state index is -0.325. The molecule has 5 heteroatoms. The molecule has 0 unspecified atom stereocenters. The van der Waals surface area contributed by atoms with E-state index in [9.17, 15) is 9.59 Å². The van der Waals surface area contributed by atoms with E-state index in [1.54, 1.807) is 11.8 Å². The van der Waals surface area contributed by atoms with Gasteiger partial charge in [0.1, 0.15) is 6.54 Å². The van der Waals surface area contributed by atoms with Crippen molar-refractivity contribution in [1.82, 2.24) is 9.80 Å². The highest BCUT2D eigenvalue weighted by Gasteiger charge is 2.24. The van der Waals surface area contributed by atoms with Crippen molar-refractivity contribution in [3.63, 3.8) is 0 Å². The number of esters is 1. The smallest absolute Gasteiger partial charge is 0.325 e. The van der Waals surface area contributed by atoms with Gasteiger partial charge in [0.15, 0.2) is 0 Å². The molecule has 1 aliphatic heterocycles. The molecule has 0 spiro atoms. The van der Waals surface area contributed by atoms with Crippen LogP contribution in [0.4, 0.5) is 4.79 Å². The van der Waals surface area contributed by atoms with E-state index in [1.165, 1.54) is 0 Å². The zero-order valence-corrected chi connectivity index (χ0v) is 10.8. The number of ether oxygens (including phenoxy) is 1. The van der Waals surface area contributed by atoms with E-state index in [4.69, 9.17) is 4.74 Å². The van der Waals surface area contributed by atoms with Gasteiger partial charge >= 0.3 is 12.0 Å². The van der Waals surface area contributed by atoms with Crippen LogP contribution in [0, 0.1) is 0 Å². The number of likely N-dealkylation sites (tertiary alicyclic amines) is 1. The van der Waals surface area contributed by atoms with Crippen LogP contribution in [0.25, 0.3) is 0 Å². The summed E-state index contributed by atoms with van der Waals surface area (Å²) in [5, 5.41) is 0. The highest BCUT2D eigenvalue weighted by Crippen LogP contribution is 2.11. The Kier molecular flexibility index (Phi) is 5.80. The highest BCUT2D eigenvalue weighted by molar-refractivity contribution is 5.81. The molecular weight excluding hydrogens is 220 g/mol. The van der Waals surface area contributed by atoms with Crippen LogP contribution in [0.3, 0.4) is 0 Å². The Labute approximate surface area is 103 Å². The summed E-state index contributed by atoms with van der Waals surface area (Å²) in [4.78, 5) is 26.9. The minimum absolute atomic E-state index is 0.0302. The van der Waals surface area contributed by atoms with Crippen LogP contribution in [-0.2, 0) is 9.53 Å². The fourth-order valence-electron chi connectivity index (χ4n) is 1.98. The first-order valence-corrected chi connectivity index (χ1v) is 6.38. The molecule has 1 aliphatic rings. The number of amides is 2. The number of carbonyl (C=O) groups excluding carboxylic acids is 2. The second kappa shape index (κ2) is 7.14. The molecular formula is C12H22N2O3. The predicted octanol–water partition coefficient (Wildman–Crippen LogP) is 1.48. The summed E-state index contributed by atoms with van der Waals surface area (Å²) in [6.45, 7) is 6.41. The minimum Gasteiger partial charge on any atom is -0.465 e. The number of urea groups is 1. The van der Waals surface area contributed by atoms with E-state index in [0.717, 1.165) is 32.4 Å². The Morgan fingerprint density at radius 1 is 1.24 bits per heavy atom. The highest BCUT2D eigenvalue weighted by atomic mass is 16.5. The lowest BCUT2D eigenvalue weighted by molar-refractivity contribution is -0.143. The van der Waals surface area contributed by atoms with Gasteiger partial charge in [0, 0.05) is 19.6 Å². The molecule has 2 amide bonds. The predicted molar refractivity (Wildman–Crippen MR) is 64.7 cm³/mol. The molecule has 1 heterocycles. The zero-order valence-electron chi connectivity index (χ0n) is 10.8. The quantitative estimate of drug-likeness (QED) is 0.686. The number of carbonyl (C=O) groups is 2. The summed E-state index contributed by atoms with van der Waals surface area (Å²) in [6.07, 6.45) is 2.97. The number of rotatable bonds is 5.